The zero-order chi connectivity index (χ0) is 19.2. The number of rotatable bonds is 7. The van der Waals surface area contributed by atoms with Crippen LogP contribution in [0.3, 0.4) is 0 Å². The van der Waals surface area contributed by atoms with Crippen LogP contribution in [-0.4, -0.2) is 27.9 Å². The van der Waals surface area contributed by atoms with Gasteiger partial charge in [0.1, 0.15) is 12.4 Å². The van der Waals surface area contributed by atoms with E-state index in [1.54, 1.807) is 17.4 Å². The number of amides is 1. The van der Waals surface area contributed by atoms with Crippen LogP contribution in [0.2, 0.25) is 0 Å². The summed E-state index contributed by atoms with van der Waals surface area (Å²) in [5, 5.41) is 3.06. The van der Waals surface area contributed by atoms with E-state index >= 15 is 0 Å². The Bertz CT molecular complexity index is 774. The minimum atomic E-state index is 0.108. The molecule has 1 saturated carbocycles. The van der Waals surface area contributed by atoms with Gasteiger partial charge in [-0.05, 0) is 57.4 Å². The first-order valence-electron chi connectivity index (χ1n) is 9.67. The summed E-state index contributed by atoms with van der Waals surface area (Å²) in [4.78, 5) is 19.1. The summed E-state index contributed by atoms with van der Waals surface area (Å²) in [5.74, 6) is 0.912. The average molecular weight is 385 g/mol. The molecule has 0 bridgehead atoms. The molecule has 0 atom stereocenters. The summed E-state index contributed by atoms with van der Waals surface area (Å²) in [6.07, 6.45) is 8.30. The topological polar surface area (TPSA) is 42.4 Å². The summed E-state index contributed by atoms with van der Waals surface area (Å²) in [5.41, 5.74) is 1.95. The van der Waals surface area contributed by atoms with Gasteiger partial charge in [-0.25, -0.2) is 4.98 Å². The molecule has 1 aliphatic carbocycles. The van der Waals surface area contributed by atoms with Crippen molar-refractivity contribution in [3.8, 4) is 5.75 Å². The molecular weight excluding hydrogens is 356 g/mol. The van der Waals surface area contributed by atoms with Crippen molar-refractivity contribution < 1.29 is 9.53 Å². The quantitative estimate of drug-likeness (QED) is 0.614. The van der Waals surface area contributed by atoms with E-state index in [9.17, 15) is 4.79 Å². The van der Waals surface area contributed by atoms with Crippen LogP contribution in [-0.2, 0) is 11.4 Å². The van der Waals surface area contributed by atoms with Gasteiger partial charge in [-0.1, -0.05) is 25.0 Å². The van der Waals surface area contributed by atoms with E-state index in [1.165, 1.54) is 12.8 Å². The van der Waals surface area contributed by atoms with Crippen molar-refractivity contribution in [1.82, 2.24) is 9.88 Å². The van der Waals surface area contributed by atoms with Gasteiger partial charge in [0.05, 0.1) is 10.7 Å². The molecule has 27 heavy (non-hydrogen) atoms. The number of aromatic nitrogens is 1. The van der Waals surface area contributed by atoms with E-state index in [0.29, 0.717) is 12.6 Å². The van der Waals surface area contributed by atoms with Crippen LogP contribution in [0.4, 0.5) is 0 Å². The van der Waals surface area contributed by atoms with Crippen LogP contribution in [0.1, 0.15) is 55.8 Å². The lowest BCUT2D eigenvalue weighted by atomic mass is 10.1. The first kappa shape index (κ1) is 19.6. The Kier molecular flexibility index (Phi) is 6.67. The molecule has 1 aromatic heterocycles. The van der Waals surface area contributed by atoms with Crippen molar-refractivity contribution in [3.05, 3.63) is 52.0 Å². The summed E-state index contributed by atoms with van der Waals surface area (Å²) in [6.45, 7) is 6.66. The maximum absolute atomic E-state index is 12.7. The van der Waals surface area contributed by atoms with E-state index in [4.69, 9.17) is 4.74 Å². The number of hydrogen-bond acceptors (Lipinski definition) is 4. The average Bonchev–Trinajstić information content (AvgIpc) is 3.31. The van der Waals surface area contributed by atoms with Gasteiger partial charge < -0.3 is 9.64 Å². The Morgan fingerprint density at radius 1 is 1.30 bits per heavy atom. The number of nitrogens with zero attached hydrogens (tertiary/aromatic N) is 2. The monoisotopic (exact) mass is 384 g/mol. The zero-order valence-corrected chi connectivity index (χ0v) is 17.2. The Morgan fingerprint density at radius 3 is 2.59 bits per heavy atom. The molecule has 144 valence electrons. The Morgan fingerprint density at radius 2 is 2.00 bits per heavy atom. The highest BCUT2D eigenvalue weighted by Crippen LogP contribution is 2.25. The fraction of sp³-hybridized carbons (Fsp3) is 0.455. The van der Waals surface area contributed by atoms with Gasteiger partial charge in [-0.15, -0.1) is 11.3 Å². The highest BCUT2D eigenvalue weighted by atomic mass is 32.1. The van der Waals surface area contributed by atoms with Gasteiger partial charge in [0.15, 0.2) is 0 Å². The second-order valence-corrected chi connectivity index (χ2v) is 8.39. The standard InChI is InChI=1S/C22H28N2O2S/c1-16(2)24(20-6-4-5-7-20)22(25)13-10-18-8-11-21(12-9-18)26-14-19-15-27-17(3)23-19/h8-13,15-16,20H,4-7,14H2,1-3H3/b13-10+. The summed E-state index contributed by atoms with van der Waals surface area (Å²) < 4.78 is 5.77. The Balaban J connectivity index is 1.57. The third-order valence-corrected chi connectivity index (χ3v) is 5.70. The number of aryl methyl sites for hydroxylation is 1. The number of hydrogen-bond donors (Lipinski definition) is 0. The largest absolute Gasteiger partial charge is 0.487 e. The lowest BCUT2D eigenvalue weighted by Gasteiger charge is -2.31. The number of ether oxygens (including phenoxy) is 1. The molecule has 0 unspecified atom stereocenters. The second-order valence-electron chi connectivity index (χ2n) is 7.33. The van der Waals surface area contributed by atoms with Gasteiger partial charge in [-0.3, -0.25) is 4.79 Å². The van der Waals surface area contributed by atoms with Crippen molar-refractivity contribution in [3.63, 3.8) is 0 Å². The first-order chi connectivity index (χ1) is 13.0. The van der Waals surface area contributed by atoms with Gasteiger partial charge in [-0.2, -0.15) is 0 Å². The molecule has 1 aliphatic rings. The molecule has 1 fully saturated rings. The number of carbonyl (C=O) groups is 1. The van der Waals surface area contributed by atoms with E-state index in [-0.39, 0.29) is 11.9 Å². The first-order valence-corrected chi connectivity index (χ1v) is 10.5. The van der Waals surface area contributed by atoms with Gasteiger partial charge >= 0.3 is 0 Å². The molecule has 1 heterocycles. The van der Waals surface area contributed by atoms with Crippen molar-refractivity contribution in [2.75, 3.05) is 0 Å². The molecule has 1 amide bonds. The minimum absolute atomic E-state index is 0.108. The molecule has 2 aromatic rings. The third-order valence-electron chi connectivity index (χ3n) is 4.88. The van der Waals surface area contributed by atoms with Gasteiger partial charge in [0.25, 0.3) is 0 Å². The minimum Gasteiger partial charge on any atom is -0.487 e. The van der Waals surface area contributed by atoms with Gasteiger partial charge in [0, 0.05) is 23.5 Å². The summed E-state index contributed by atoms with van der Waals surface area (Å²) in [7, 11) is 0. The lowest BCUT2D eigenvalue weighted by Crippen LogP contribution is -2.42. The van der Waals surface area contributed by atoms with Crippen LogP contribution in [0.5, 0.6) is 5.75 Å². The molecule has 3 rings (SSSR count). The molecule has 0 aliphatic heterocycles. The predicted octanol–water partition coefficient (Wildman–Crippen LogP) is 5.22. The van der Waals surface area contributed by atoms with Crippen LogP contribution in [0.15, 0.2) is 35.7 Å². The highest BCUT2D eigenvalue weighted by molar-refractivity contribution is 7.09. The molecule has 4 nitrogen and oxygen atoms in total. The molecule has 0 N–H and O–H groups in total. The molecule has 0 radical (unpaired) electrons. The molecule has 0 spiro atoms. The van der Waals surface area contributed by atoms with Crippen LogP contribution in [0, 0.1) is 6.92 Å². The molecule has 1 aromatic carbocycles. The summed E-state index contributed by atoms with van der Waals surface area (Å²) >= 11 is 1.63. The Labute approximate surface area is 165 Å². The van der Waals surface area contributed by atoms with E-state index in [2.05, 4.69) is 18.8 Å². The van der Waals surface area contributed by atoms with Crippen LogP contribution in [0.25, 0.3) is 6.08 Å². The maximum atomic E-state index is 12.7. The van der Waals surface area contributed by atoms with Crippen LogP contribution < -0.4 is 4.74 Å². The zero-order valence-electron chi connectivity index (χ0n) is 16.4. The fourth-order valence-electron chi connectivity index (χ4n) is 3.60. The summed E-state index contributed by atoms with van der Waals surface area (Å²) in [6, 6.07) is 8.44. The Hall–Kier alpha value is -2.14. The fourth-order valence-corrected chi connectivity index (χ4v) is 4.20. The number of carbonyl (C=O) groups excluding carboxylic acids is 1. The molecule has 0 saturated heterocycles. The lowest BCUT2D eigenvalue weighted by molar-refractivity contribution is -0.130. The van der Waals surface area contributed by atoms with E-state index in [1.807, 2.05) is 47.5 Å². The molecular formula is C22H28N2O2S. The van der Waals surface area contributed by atoms with E-state index in [0.717, 1.165) is 34.9 Å². The third kappa shape index (κ3) is 5.42. The maximum Gasteiger partial charge on any atom is 0.247 e. The SMILES string of the molecule is Cc1nc(COc2ccc(/C=C/C(=O)N(C(C)C)C3CCCC3)cc2)cs1. The predicted molar refractivity (Wildman–Crippen MR) is 111 cm³/mol. The van der Waals surface area contributed by atoms with Crippen molar-refractivity contribution in [2.45, 2.75) is 65.1 Å². The molecule has 5 heteroatoms. The number of benzene rings is 1. The van der Waals surface area contributed by atoms with Crippen LogP contribution >= 0.6 is 11.3 Å². The second kappa shape index (κ2) is 9.18. The van der Waals surface area contributed by atoms with E-state index < -0.39 is 0 Å². The van der Waals surface area contributed by atoms with Gasteiger partial charge in [0.2, 0.25) is 5.91 Å². The normalized spacial score (nSPS) is 15.0. The number of thiazole rings is 1. The van der Waals surface area contributed by atoms with Crippen molar-refractivity contribution in [1.29, 1.82) is 0 Å². The van der Waals surface area contributed by atoms with Crippen molar-refractivity contribution in [2.24, 2.45) is 0 Å². The van der Waals surface area contributed by atoms with Crippen molar-refractivity contribution >= 4 is 23.3 Å². The smallest absolute Gasteiger partial charge is 0.247 e. The highest BCUT2D eigenvalue weighted by Gasteiger charge is 2.27.